The van der Waals surface area contributed by atoms with Crippen LogP contribution < -0.4 is 0 Å². The van der Waals surface area contributed by atoms with E-state index in [2.05, 4.69) is 35.2 Å². The summed E-state index contributed by atoms with van der Waals surface area (Å²) in [7, 11) is 4.91. The molecule has 0 fully saturated rings. The molecule has 0 amide bonds. The standard InChI is InChI=1S/C4H8O.C3H9O3P.C3H8OS.C3H8O/c1-4(2)5-3;1-5-7(3,4)6-2;1-4-5(2)3;1-3-4-2/h1H2,2-3H3;1-3H3;2H2,1,3H3;3H2,1-2H3. The first kappa shape index (κ1) is 28.9. The molecule has 1 unspecified atom stereocenters. The van der Waals surface area contributed by atoms with Crippen molar-refractivity contribution < 1.29 is 27.3 Å². The lowest BCUT2D eigenvalue weighted by atomic mass is 10.7. The van der Waals surface area contributed by atoms with Gasteiger partial charge in [-0.1, -0.05) is 23.2 Å². The molecule has 0 aliphatic rings. The summed E-state index contributed by atoms with van der Waals surface area (Å²) < 4.78 is 33.1. The van der Waals surface area contributed by atoms with Gasteiger partial charge in [-0.05, 0) is 13.8 Å². The Labute approximate surface area is 133 Å². The maximum Gasteiger partial charge on any atom is 0.327 e. The van der Waals surface area contributed by atoms with Gasteiger partial charge in [0.15, 0.2) is 0 Å². The molecule has 0 aromatic heterocycles. The normalized spacial score (nSPS) is 10.5. The van der Waals surface area contributed by atoms with Crippen LogP contribution in [0.1, 0.15) is 13.8 Å². The molecule has 0 aliphatic heterocycles. The topological polar surface area (TPSA) is 63.2 Å². The third kappa shape index (κ3) is 53.7. The highest BCUT2D eigenvalue weighted by molar-refractivity contribution is 8.09. The molecular formula is C13H33O6PS. The Hall–Kier alpha value is -0.170. The first-order valence-electron chi connectivity index (χ1n) is 5.95. The average molecular weight is 348 g/mol. The van der Waals surface area contributed by atoms with Crippen LogP contribution in [0.25, 0.3) is 0 Å². The molecule has 0 saturated heterocycles. The van der Waals surface area contributed by atoms with Crippen LogP contribution in [0, 0.1) is 0 Å². The van der Waals surface area contributed by atoms with Crippen LogP contribution in [0.2, 0.25) is 0 Å². The first-order valence-corrected chi connectivity index (χ1v) is 9.67. The van der Waals surface area contributed by atoms with Gasteiger partial charge in [0, 0.05) is 48.0 Å². The molecule has 0 spiro atoms. The van der Waals surface area contributed by atoms with E-state index in [1.807, 2.05) is 13.2 Å². The second kappa shape index (κ2) is 22.1. The van der Waals surface area contributed by atoms with Crippen molar-refractivity contribution in [3.8, 4) is 0 Å². The summed E-state index contributed by atoms with van der Waals surface area (Å²) in [5.41, 5.74) is 0. The molecule has 0 radical (unpaired) electrons. The van der Waals surface area contributed by atoms with Crippen LogP contribution in [-0.2, 0) is 27.3 Å². The van der Waals surface area contributed by atoms with E-state index < -0.39 is 7.60 Å². The molecular weight excluding hydrogens is 315 g/mol. The van der Waals surface area contributed by atoms with Crippen LogP contribution in [0.15, 0.2) is 12.3 Å². The average Bonchev–Trinajstić information content (AvgIpc) is 2.48. The quantitative estimate of drug-likeness (QED) is 0.428. The Morgan fingerprint density at radius 1 is 1.14 bits per heavy atom. The number of rotatable bonds is 5. The third-order valence-corrected chi connectivity index (χ3v) is 3.48. The zero-order valence-electron chi connectivity index (χ0n) is 14.9. The highest BCUT2D eigenvalue weighted by Crippen LogP contribution is 2.40. The lowest BCUT2D eigenvalue weighted by molar-refractivity contribution is 0.215. The number of allylic oxidation sites excluding steroid dienone is 1. The van der Waals surface area contributed by atoms with Crippen LogP contribution in [0.4, 0.5) is 0 Å². The largest absolute Gasteiger partial charge is 0.502 e. The summed E-state index contributed by atoms with van der Waals surface area (Å²) in [6, 6.07) is 0. The summed E-state index contributed by atoms with van der Waals surface area (Å²) >= 11 is 0. The Morgan fingerprint density at radius 2 is 1.38 bits per heavy atom. The van der Waals surface area contributed by atoms with Gasteiger partial charge in [0.2, 0.25) is 0 Å². The smallest absolute Gasteiger partial charge is 0.327 e. The fourth-order valence-corrected chi connectivity index (χ4v) is 0.224. The Bertz CT molecular complexity index is 260. The molecule has 6 nitrogen and oxygen atoms in total. The van der Waals surface area contributed by atoms with E-state index in [9.17, 15) is 4.57 Å². The van der Waals surface area contributed by atoms with Gasteiger partial charge in [-0.3, -0.25) is 4.57 Å². The lowest BCUT2D eigenvalue weighted by Crippen LogP contribution is -1.82. The molecule has 8 heteroatoms. The summed E-state index contributed by atoms with van der Waals surface area (Å²) in [4.78, 5) is 0. The van der Waals surface area contributed by atoms with E-state index in [4.69, 9.17) is 0 Å². The van der Waals surface area contributed by atoms with Gasteiger partial charge in [0.05, 0.1) is 12.9 Å². The van der Waals surface area contributed by atoms with Gasteiger partial charge in [-0.15, -0.1) is 0 Å². The Kier molecular flexibility index (Phi) is 30.5. The summed E-state index contributed by atoms with van der Waals surface area (Å²) in [5.74, 6) is 4.32. The first-order chi connectivity index (χ1) is 9.58. The maximum atomic E-state index is 10.5. The fourth-order valence-electron chi connectivity index (χ4n) is 0.0745. The van der Waals surface area contributed by atoms with Crippen LogP contribution in [-0.4, -0.2) is 60.9 Å². The monoisotopic (exact) mass is 348 g/mol. The molecule has 0 saturated carbocycles. The zero-order valence-corrected chi connectivity index (χ0v) is 16.6. The van der Waals surface area contributed by atoms with Crippen molar-refractivity contribution in [2.45, 2.75) is 13.8 Å². The lowest BCUT2D eigenvalue weighted by Gasteiger charge is -2.04. The molecule has 0 aromatic carbocycles. The molecule has 0 aliphatic carbocycles. The maximum absolute atomic E-state index is 10.5. The van der Waals surface area contributed by atoms with Crippen molar-refractivity contribution >= 4 is 24.2 Å². The van der Waals surface area contributed by atoms with E-state index in [1.165, 1.54) is 20.9 Å². The van der Waals surface area contributed by atoms with Crippen molar-refractivity contribution in [3.05, 3.63) is 12.3 Å². The minimum absolute atomic E-state index is 0.0725. The molecule has 0 heterocycles. The molecule has 132 valence electrons. The van der Waals surface area contributed by atoms with Gasteiger partial charge in [0.1, 0.15) is 0 Å². The van der Waals surface area contributed by atoms with Crippen molar-refractivity contribution in [3.63, 3.8) is 0 Å². The van der Waals surface area contributed by atoms with E-state index in [1.54, 1.807) is 28.3 Å². The molecule has 1 atom stereocenters. The number of methoxy groups -OCH3 is 2. The second-order valence-electron chi connectivity index (χ2n) is 3.36. The number of hydrogen-bond donors (Lipinski definition) is 0. The summed E-state index contributed by atoms with van der Waals surface area (Å²) in [6.45, 7) is 9.44. The van der Waals surface area contributed by atoms with Crippen molar-refractivity contribution in [2.75, 3.05) is 55.1 Å². The predicted octanol–water partition coefficient (Wildman–Crippen LogP) is 3.80. The Morgan fingerprint density at radius 3 is 1.38 bits per heavy atom. The summed E-state index contributed by atoms with van der Waals surface area (Å²) in [5, 5.41) is 0. The van der Waals surface area contributed by atoms with E-state index >= 15 is 0 Å². The van der Waals surface area contributed by atoms with Gasteiger partial charge in [0.25, 0.3) is 0 Å². The van der Waals surface area contributed by atoms with E-state index in [0.717, 1.165) is 12.4 Å². The molecule has 0 rings (SSSR count). The Balaban J connectivity index is -0.0000000939. The van der Waals surface area contributed by atoms with Gasteiger partial charge in [-0.25, -0.2) is 0 Å². The predicted molar refractivity (Wildman–Crippen MR) is 94.6 cm³/mol. The second-order valence-corrected chi connectivity index (χ2v) is 7.11. The minimum Gasteiger partial charge on any atom is -0.502 e. The van der Waals surface area contributed by atoms with Crippen LogP contribution in [0.5, 0.6) is 0 Å². The SMILES string of the molecule is C=C(C)OC.C=S(C)OC.CCOC.COP(C)(=O)OC. The molecule has 0 aromatic rings. The fraction of sp³-hybridized carbons (Fsp3) is 0.769. The zero-order chi connectivity index (χ0) is 17.9. The van der Waals surface area contributed by atoms with Crippen LogP contribution in [0.3, 0.4) is 0 Å². The van der Waals surface area contributed by atoms with Crippen molar-refractivity contribution in [1.82, 2.24) is 0 Å². The highest BCUT2D eigenvalue weighted by Gasteiger charge is 2.08. The molecule has 21 heavy (non-hydrogen) atoms. The summed E-state index contributed by atoms with van der Waals surface area (Å²) in [6.07, 6.45) is 1.92. The van der Waals surface area contributed by atoms with Crippen LogP contribution >= 0.6 is 18.4 Å². The van der Waals surface area contributed by atoms with Gasteiger partial charge in [-0.2, -0.15) is 0 Å². The van der Waals surface area contributed by atoms with Gasteiger partial charge < -0.3 is 22.7 Å². The van der Waals surface area contributed by atoms with E-state index in [-0.39, 0.29) is 10.8 Å². The number of ether oxygens (including phenoxy) is 2. The third-order valence-electron chi connectivity index (χ3n) is 1.58. The molecule has 0 bridgehead atoms. The van der Waals surface area contributed by atoms with Gasteiger partial charge >= 0.3 is 7.60 Å². The van der Waals surface area contributed by atoms with Crippen molar-refractivity contribution in [2.24, 2.45) is 0 Å². The number of hydrogen-bond acceptors (Lipinski definition) is 6. The van der Waals surface area contributed by atoms with E-state index in [0.29, 0.717) is 0 Å². The van der Waals surface area contributed by atoms with Crippen molar-refractivity contribution in [1.29, 1.82) is 0 Å². The highest BCUT2D eigenvalue weighted by atomic mass is 32.2. The molecule has 0 N–H and O–H groups in total. The minimum atomic E-state index is -2.65.